The molecule has 0 radical (unpaired) electrons. The predicted octanol–water partition coefficient (Wildman–Crippen LogP) is 2.98. The number of aryl methyl sites for hydroxylation is 1. The van der Waals surface area contributed by atoms with Gasteiger partial charge in [-0.15, -0.1) is 0 Å². The topological polar surface area (TPSA) is 88.0 Å². The first-order chi connectivity index (χ1) is 10.8. The summed E-state index contributed by atoms with van der Waals surface area (Å²) in [6.45, 7) is 1.82. The van der Waals surface area contributed by atoms with Crippen molar-refractivity contribution in [1.29, 1.82) is 0 Å². The van der Waals surface area contributed by atoms with E-state index in [2.05, 4.69) is 9.97 Å². The van der Waals surface area contributed by atoms with Crippen molar-refractivity contribution in [3.05, 3.63) is 40.8 Å². The van der Waals surface area contributed by atoms with Gasteiger partial charge in [0.05, 0.1) is 29.4 Å². The lowest BCUT2D eigenvalue weighted by atomic mass is 9.98. The van der Waals surface area contributed by atoms with Crippen molar-refractivity contribution < 1.29 is 13.0 Å². The van der Waals surface area contributed by atoms with Gasteiger partial charge in [-0.1, -0.05) is 11.6 Å². The van der Waals surface area contributed by atoms with Crippen molar-refractivity contribution in [2.75, 3.05) is 5.75 Å². The Bertz CT molecular complexity index is 1040. The Labute approximate surface area is 137 Å². The molecule has 8 heteroatoms. The number of rotatable bonds is 2. The van der Waals surface area contributed by atoms with Gasteiger partial charge in [0.25, 0.3) is 10.1 Å². The van der Waals surface area contributed by atoms with Crippen molar-refractivity contribution in [2.45, 2.75) is 19.4 Å². The number of halogens is 1. The molecule has 0 amide bonds. The number of aromatic amines is 1. The third-order valence-electron chi connectivity index (χ3n) is 4.31. The molecule has 0 spiro atoms. The molecule has 1 aromatic carbocycles. The standard InChI is InChI=1S/C15H14ClN3O3S/c1-8-17-6-14-15-12(5-10(19(8)14)7-23(20,21)22)11-4-9(16)2-3-13(11)18-15/h2-4,6,10,18H,5,7H2,1H3,(H,20,21,22). The number of benzene rings is 1. The van der Waals surface area contributed by atoms with E-state index in [1.54, 1.807) is 6.20 Å². The molecule has 0 saturated heterocycles. The highest BCUT2D eigenvalue weighted by molar-refractivity contribution is 7.85. The largest absolute Gasteiger partial charge is 0.353 e. The van der Waals surface area contributed by atoms with Gasteiger partial charge in [-0.25, -0.2) is 4.98 Å². The zero-order chi connectivity index (χ0) is 16.4. The smallest absolute Gasteiger partial charge is 0.266 e. The van der Waals surface area contributed by atoms with E-state index in [4.69, 9.17) is 11.6 Å². The molecule has 6 nitrogen and oxygen atoms in total. The number of aromatic nitrogens is 3. The van der Waals surface area contributed by atoms with Crippen LogP contribution < -0.4 is 0 Å². The van der Waals surface area contributed by atoms with E-state index >= 15 is 0 Å². The van der Waals surface area contributed by atoms with E-state index in [1.807, 2.05) is 29.7 Å². The average molecular weight is 352 g/mol. The molecule has 120 valence electrons. The second kappa shape index (κ2) is 4.83. The summed E-state index contributed by atoms with van der Waals surface area (Å²) in [5, 5.41) is 1.60. The summed E-state index contributed by atoms with van der Waals surface area (Å²) in [5.74, 6) is 0.375. The van der Waals surface area contributed by atoms with Gasteiger partial charge in [-0.05, 0) is 37.1 Å². The Morgan fingerprint density at radius 1 is 1.48 bits per heavy atom. The van der Waals surface area contributed by atoms with Crippen LogP contribution in [0.1, 0.15) is 17.4 Å². The van der Waals surface area contributed by atoms with E-state index in [0.717, 1.165) is 33.7 Å². The van der Waals surface area contributed by atoms with Crippen LogP contribution in [0, 0.1) is 6.92 Å². The lowest BCUT2D eigenvalue weighted by Gasteiger charge is -2.26. The summed E-state index contributed by atoms with van der Waals surface area (Å²) in [7, 11) is -4.09. The number of H-pyrrole nitrogens is 1. The number of hydrogen-bond donors (Lipinski definition) is 2. The quantitative estimate of drug-likeness (QED) is 0.695. The fraction of sp³-hybridized carbons (Fsp3) is 0.267. The van der Waals surface area contributed by atoms with Crippen molar-refractivity contribution in [2.24, 2.45) is 0 Å². The first-order valence-electron chi connectivity index (χ1n) is 7.13. The van der Waals surface area contributed by atoms with Crippen molar-refractivity contribution in [3.63, 3.8) is 0 Å². The van der Waals surface area contributed by atoms with Gasteiger partial charge in [-0.3, -0.25) is 4.55 Å². The minimum Gasteiger partial charge on any atom is -0.353 e. The van der Waals surface area contributed by atoms with E-state index in [1.165, 1.54) is 0 Å². The molecule has 0 bridgehead atoms. The molecule has 1 aliphatic rings. The number of nitrogens with one attached hydrogen (secondary N) is 1. The number of fused-ring (bicyclic) bond motifs is 5. The summed E-state index contributed by atoms with van der Waals surface area (Å²) < 4.78 is 34.0. The predicted molar refractivity (Wildman–Crippen MR) is 88.4 cm³/mol. The Morgan fingerprint density at radius 2 is 2.26 bits per heavy atom. The van der Waals surface area contributed by atoms with Crippen molar-refractivity contribution >= 4 is 32.6 Å². The lowest BCUT2D eigenvalue weighted by Crippen LogP contribution is -2.26. The van der Waals surface area contributed by atoms with E-state index < -0.39 is 16.2 Å². The SMILES string of the molecule is Cc1ncc2n1C(CS(=O)(=O)O)Cc1c-2[nH]c2ccc(Cl)cc12. The molecular formula is C15H14ClN3O3S. The van der Waals surface area contributed by atoms with Crippen LogP contribution in [0.5, 0.6) is 0 Å². The number of hydrogen-bond acceptors (Lipinski definition) is 3. The molecule has 23 heavy (non-hydrogen) atoms. The molecule has 1 atom stereocenters. The molecule has 0 aliphatic carbocycles. The second-order valence-electron chi connectivity index (χ2n) is 5.84. The van der Waals surface area contributed by atoms with Crippen LogP contribution in [0.3, 0.4) is 0 Å². The molecule has 1 unspecified atom stereocenters. The number of nitrogens with zero attached hydrogens (tertiary/aromatic N) is 2. The van der Waals surface area contributed by atoms with Gasteiger partial charge in [0.2, 0.25) is 0 Å². The highest BCUT2D eigenvalue weighted by Crippen LogP contribution is 2.40. The monoisotopic (exact) mass is 351 g/mol. The minimum absolute atomic E-state index is 0.343. The molecule has 2 N–H and O–H groups in total. The van der Waals surface area contributed by atoms with E-state index in [9.17, 15) is 13.0 Å². The van der Waals surface area contributed by atoms with Crippen LogP contribution in [-0.4, -0.2) is 33.3 Å². The van der Waals surface area contributed by atoms with Crippen molar-refractivity contribution in [3.8, 4) is 11.4 Å². The van der Waals surface area contributed by atoms with Gasteiger partial charge in [0.1, 0.15) is 5.82 Å². The number of imidazole rings is 1. The van der Waals surface area contributed by atoms with Crippen molar-refractivity contribution in [1.82, 2.24) is 14.5 Å². The zero-order valence-electron chi connectivity index (χ0n) is 12.2. The normalized spacial score (nSPS) is 17.3. The van der Waals surface area contributed by atoms with Gasteiger partial charge in [0.15, 0.2) is 0 Å². The highest BCUT2D eigenvalue weighted by Gasteiger charge is 2.31. The maximum absolute atomic E-state index is 11.4. The second-order valence-corrected chi connectivity index (χ2v) is 7.77. The molecule has 1 aliphatic heterocycles. The van der Waals surface area contributed by atoms with Crippen LogP contribution in [0.15, 0.2) is 24.4 Å². The molecule has 4 rings (SSSR count). The Balaban J connectivity index is 1.97. The first kappa shape index (κ1) is 14.7. The van der Waals surface area contributed by atoms with Gasteiger partial charge in [0, 0.05) is 15.9 Å². The summed E-state index contributed by atoms with van der Waals surface area (Å²) >= 11 is 6.10. The third-order valence-corrected chi connectivity index (χ3v) is 5.36. The lowest BCUT2D eigenvalue weighted by molar-refractivity contribution is 0.453. The Hall–Kier alpha value is -1.83. The van der Waals surface area contributed by atoms with E-state index in [0.29, 0.717) is 11.4 Å². The summed E-state index contributed by atoms with van der Waals surface area (Å²) in [6, 6.07) is 5.19. The van der Waals surface area contributed by atoms with Gasteiger partial charge in [-0.2, -0.15) is 8.42 Å². The maximum Gasteiger partial charge on any atom is 0.266 e. The van der Waals surface area contributed by atoms with Crippen LogP contribution in [0.2, 0.25) is 5.02 Å². The van der Waals surface area contributed by atoms with Gasteiger partial charge >= 0.3 is 0 Å². The summed E-state index contributed by atoms with van der Waals surface area (Å²) in [4.78, 5) is 7.67. The Kier molecular flexibility index (Phi) is 3.10. The molecular weight excluding hydrogens is 338 g/mol. The van der Waals surface area contributed by atoms with Crippen LogP contribution in [-0.2, 0) is 16.5 Å². The van der Waals surface area contributed by atoms with Crippen LogP contribution >= 0.6 is 11.6 Å². The highest BCUT2D eigenvalue weighted by atomic mass is 35.5. The third kappa shape index (κ3) is 2.36. The molecule has 3 aromatic rings. The van der Waals surface area contributed by atoms with Crippen LogP contribution in [0.25, 0.3) is 22.3 Å². The molecule has 0 fully saturated rings. The van der Waals surface area contributed by atoms with Gasteiger partial charge < -0.3 is 9.55 Å². The summed E-state index contributed by atoms with van der Waals surface area (Å²) in [6.07, 6.45) is 2.21. The first-order valence-corrected chi connectivity index (χ1v) is 9.11. The fourth-order valence-corrected chi connectivity index (χ4v) is 4.38. The average Bonchev–Trinajstić information content (AvgIpc) is 2.99. The molecule has 3 heterocycles. The maximum atomic E-state index is 11.4. The molecule has 0 saturated carbocycles. The van der Waals surface area contributed by atoms with E-state index in [-0.39, 0.29) is 5.75 Å². The molecule has 2 aromatic heterocycles. The Morgan fingerprint density at radius 3 is 3.00 bits per heavy atom. The summed E-state index contributed by atoms with van der Waals surface area (Å²) in [5.41, 5.74) is 3.69. The zero-order valence-corrected chi connectivity index (χ0v) is 13.8. The van der Waals surface area contributed by atoms with Crippen LogP contribution in [0.4, 0.5) is 0 Å². The fourth-order valence-electron chi connectivity index (χ4n) is 3.45. The minimum atomic E-state index is -4.09.